The first kappa shape index (κ1) is 12.6. The largest absolute Gasteiger partial charge is 0.311 e. The van der Waals surface area contributed by atoms with E-state index in [1.807, 2.05) is 12.3 Å². The lowest BCUT2D eigenvalue weighted by molar-refractivity contribution is 0.286. The van der Waals surface area contributed by atoms with Crippen LogP contribution in [-0.2, 0) is 6.42 Å². The van der Waals surface area contributed by atoms with Crippen molar-refractivity contribution in [3.63, 3.8) is 0 Å². The van der Waals surface area contributed by atoms with E-state index in [0.29, 0.717) is 5.54 Å². The minimum absolute atomic E-state index is 0.305. The first-order chi connectivity index (χ1) is 8.35. The topological polar surface area (TPSA) is 24.9 Å². The van der Waals surface area contributed by atoms with Crippen LogP contribution >= 0.6 is 0 Å². The molecule has 0 radical (unpaired) electrons. The van der Waals surface area contributed by atoms with Gasteiger partial charge in [0.2, 0.25) is 0 Å². The fourth-order valence-electron chi connectivity index (χ4n) is 2.99. The van der Waals surface area contributed by atoms with Crippen molar-refractivity contribution in [3.05, 3.63) is 30.1 Å². The number of pyridine rings is 1. The Kier molecular flexibility index (Phi) is 4.55. The highest BCUT2D eigenvalue weighted by molar-refractivity contribution is 5.09. The van der Waals surface area contributed by atoms with Gasteiger partial charge in [-0.2, -0.15) is 0 Å². The Hall–Kier alpha value is -0.890. The number of nitrogens with one attached hydrogen (secondary N) is 1. The second kappa shape index (κ2) is 6.15. The van der Waals surface area contributed by atoms with Crippen LogP contribution in [0.2, 0.25) is 0 Å². The summed E-state index contributed by atoms with van der Waals surface area (Å²) in [4.78, 5) is 4.49. The summed E-state index contributed by atoms with van der Waals surface area (Å²) in [5, 5.41) is 3.80. The van der Waals surface area contributed by atoms with Crippen molar-refractivity contribution in [2.45, 2.75) is 57.4 Å². The van der Waals surface area contributed by atoms with E-state index in [9.17, 15) is 0 Å². The highest BCUT2D eigenvalue weighted by Crippen LogP contribution is 2.27. The van der Waals surface area contributed by atoms with Crippen LogP contribution in [0.1, 0.15) is 51.1 Å². The normalized spacial score (nSPS) is 25.5. The Morgan fingerprint density at radius 2 is 2.24 bits per heavy atom. The zero-order valence-electron chi connectivity index (χ0n) is 10.9. The third-order valence-corrected chi connectivity index (χ3v) is 3.81. The molecule has 2 rings (SSSR count). The van der Waals surface area contributed by atoms with Gasteiger partial charge in [0.25, 0.3) is 0 Å². The van der Waals surface area contributed by atoms with Crippen LogP contribution in [0.15, 0.2) is 24.4 Å². The van der Waals surface area contributed by atoms with Crippen LogP contribution in [-0.4, -0.2) is 17.1 Å². The van der Waals surface area contributed by atoms with Crippen molar-refractivity contribution < 1.29 is 0 Å². The molecule has 2 nitrogen and oxygen atoms in total. The molecule has 0 bridgehead atoms. The maximum atomic E-state index is 4.49. The van der Waals surface area contributed by atoms with E-state index in [1.54, 1.807) is 0 Å². The minimum atomic E-state index is 0.305. The monoisotopic (exact) mass is 232 g/mol. The van der Waals surface area contributed by atoms with Gasteiger partial charge in [0.1, 0.15) is 0 Å². The maximum absolute atomic E-state index is 4.49. The van der Waals surface area contributed by atoms with E-state index in [0.717, 1.165) is 6.42 Å². The first-order valence-electron chi connectivity index (χ1n) is 7.00. The molecule has 0 aromatic carbocycles. The fraction of sp³-hybridized carbons (Fsp3) is 0.667. The summed E-state index contributed by atoms with van der Waals surface area (Å²) in [5.41, 5.74) is 1.54. The van der Waals surface area contributed by atoms with Crippen molar-refractivity contribution in [2.75, 3.05) is 6.54 Å². The zero-order valence-corrected chi connectivity index (χ0v) is 10.9. The minimum Gasteiger partial charge on any atom is -0.311 e. The van der Waals surface area contributed by atoms with Gasteiger partial charge < -0.3 is 5.32 Å². The Balaban J connectivity index is 2.09. The molecular formula is C15H24N2. The summed E-state index contributed by atoms with van der Waals surface area (Å²) in [6.45, 7) is 3.46. The third-order valence-electron chi connectivity index (χ3n) is 3.81. The van der Waals surface area contributed by atoms with Crippen molar-refractivity contribution in [3.8, 4) is 0 Å². The lowest BCUT2D eigenvalue weighted by Crippen LogP contribution is -2.46. The zero-order chi connectivity index (χ0) is 12.0. The highest BCUT2D eigenvalue weighted by Gasteiger charge is 2.30. The molecule has 1 N–H and O–H groups in total. The third kappa shape index (κ3) is 3.53. The van der Waals surface area contributed by atoms with E-state index >= 15 is 0 Å². The van der Waals surface area contributed by atoms with Crippen LogP contribution in [0.25, 0.3) is 0 Å². The van der Waals surface area contributed by atoms with E-state index in [2.05, 4.69) is 29.4 Å². The van der Waals surface area contributed by atoms with Gasteiger partial charge >= 0.3 is 0 Å². The molecule has 2 heteroatoms. The van der Waals surface area contributed by atoms with Crippen molar-refractivity contribution in [1.82, 2.24) is 10.3 Å². The van der Waals surface area contributed by atoms with Crippen molar-refractivity contribution >= 4 is 0 Å². The predicted molar refractivity (Wildman–Crippen MR) is 72.1 cm³/mol. The van der Waals surface area contributed by atoms with Crippen LogP contribution in [0, 0.1) is 0 Å². The second-order valence-corrected chi connectivity index (χ2v) is 5.27. The molecule has 1 fully saturated rings. The molecule has 1 saturated heterocycles. The summed E-state index contributed by atoms with van der Waals surface area (Å²) >= 11 is 0. The van der Waals surface area contributed by atoms with Gasteiger partial charge in [0.05, 0.1) is 0 Å². The number of hydrogen-bond donors (Lipinski definition) is 1. The Bertz CT molecular complexity index is 313. The number of rotatable bonds is 4. The van der Waals surface area contributed by atoms with Gasteiger partial charge in [-0.05, 0) is 37.9 Å². The van der Waals surface area contributed by atoms with Gasteiger partial charge in [-0.15, -0.1) is 0 Å². The lowest BCUT2D eigenvalue weighted by Gasteiger charge is -2.33. The molecule has 17 heavy (non-hydrogen) atoms. The maximum Gasteiger partial charge on any atom is 0.0421 e. The molecule has 0 aliphatic carbocycles. The van der Waals surface area contributed by atoms with Crippen LogP contribution in [0.3, 0.4) is 0 Å². The number of nitrogens with zero attached hydrogens (tertiary/aromatic N) is 1. The first-order valence-corrected chi connectivity index (χ1v) is 7.00. The molecule has 1 unspecified atom stereocenters. The molecule has 1 aromatic rings. The van der Waals surface area contributed by atoms with Crippen LogP contribution in [0.5, 0.6) is 0 Å². The average Bonchev–Trinajstić information content (AvgIpc) is 2.57. The van der Waals surface area contributed by atoms with E-state index in [4.69, 9.17) is 0 Å². The Labute approximate surface area is 105 Å². The molecule has 0 amide bonds. The van der Waals surface area contributed by atoms with Gasteiger partial charge in [0, 0.05) is 23.9 Å². The summed E-state index contributed by atoms with van der Waals surface area (Å²) in [7, 11) is 0. The van der Waals surface area contributed by atoms with Gasteiger partial charge in [-0.1, -0.05) is 32.3 Å². The van der Waals surface area contributed by atoms with Gasteiger partial charge in [-0.3, -0.25) is 4.98 Å². The van der Waals surface area contributed by atoms with E-state index in [-0.39, 0.29) is 0 Å². The summed E-state index contributed by atoms with van der Waals surface area (Å²) < 4.78 is 0. The fourth-order valence-corrected chi connectivity index (χ4v) is 2.99. The molecule has 2 heterocycles. The summed E-state index contributed by atoms with van der Waals surface area (Å²) in [5.74, 6) is 0. The second-order valence-electron chi connectivity index (χ2n) is 5.27. The number of aromatic nitrogens is 1. The Morgan fingerprint density at radius 3 is 3.00 bits per heavy atom. The molecule has 1 aliphatic rings. The van der Waals surface area contributed by atoms with Crippen molar-refractivity contribution in [1.29, 1.82) is 0 Å². The molecule has 0 saturated carbocycles. The van der Waals surface area contributed by atoms with Crippen LogP contribution in [0.4, 0.5) is 0 Å². The van der Waals surface area contributed by atoms with Crippen LogP contribution < -0.4 is 5.32 Å². The lowest BCUT2D eigenvalue weighted by atomic mass is 9.84. The molecule has 0 spiro atoms. The smallest absolute Gasteiger partial charge is 0.0421 e. The average molecular weight is 232 g/mol. The van der Waals surface area contributed by atoms with E-state index < -0.39 is 0 Å². The number of hydrogen-bond acceptors (Lipinski definition) is 2. The molecular weight excluding hydrogens is 208 g/mol. The van der Waals surface area contributed by atoms with Gasteiger partial charge in [-0.25, -0.2) is 0 Å². The van der Waals surface area contributed by atoms with Crippen molar-refractivity contribution in [2.24, 2.45) is 0 Å². The highest BCUT2D eigenvalue weighted by atomic mass is 15.0. The summed E-state index contributed by atoms with van der Waals surface area (Å²) in [6.07, 6.45) is 10.9. The molecule has 94 valence electrons. The summed E-state index contributed by atoms with van der Waals surface area (Å²) in [6, 6.07) is 6.25. The van der Waals surface area contributed by atoms with E-state index in [1.165, 1.54) is 50.8 Å². The molecule has 1 aromatic heterocycles. The predicted octanol–water partition coefficient (Wildman–Crippen LogP) is 3.33. The standard InChI is InChI=1S/C15H24N2/c1-2-9-15(10-5-3-6-12-17-15)13-14-8-4-7-11-16-14/h4,7-8,11,17H,2-3,5-6,9-10,12-13H2,1H3. The quantitative estimate of drug-likeness (QED) is 0.861. The Morgan fingerprint density at radius 1 is 1.29 bits per heavy atom. The van der Waals surface area contributed by atoms with Gasteiger partial charge in [0.15, 0.2) is 0 Å². The molecule has 1 aliphatic heterocycles. The SMILES string of the molecule is CCCC1(Cc2ccccn2)CCCCCN1. The molecule has 1 atom stereocenters.